The molecule has 86 valence electrons. The molecule has 0 spiro atoms. The number of carbonyl (C=O) groups excluding carboxylic acids is 1. The van der Waals surface area contributed by atoms with Crippen LogP contribution in [0.1, 0.15) is 12.5 Å². The van der Waals surface area contributed by atoms with Crippen molar-refractivity contribution in [3.63, 3.8) is 0 Å². The van der Waals surface area contributed by atoms with Crippen LogP contribution in [0.4, 0.5) is 0 Å². The van der Waals surface area contributed by atoms with Crippen molar-refractivity contribution >= 4 is 5.78 Å². The predicted octanol–water partition coefficient (Wildman–Crippen LogP) is 2.11. The minimum Gasteiger partial charge on any atom is -0.365 e. The summed E-state index contributed by atoms with van der Waals surface area (Å²) in [7, 11) is 0. The maximum atomic E-state index is 11.7. The highest BCUT2D eigenvalue weighted by Gasteiger charge is 2.25. The van der Waals surface area contributed by atoms with Gasteiger partial charge in [-0.15, -0.1) is 0 Å². The molecule has 0 radical (unpaired) electrons. The van der Waals surface area contributed by atoms with Gasteiger partial charge in [0.05, 0.1) is 18.5 Å². The Hall–Kier alpha value is -2.08. The van der Waals surface area contributed by atoms with E-state index >= 15 is 0 Å². The van der Waals surface area contributed by atoms with Gasteiger partial charge in [-0.3, -0.25) is 4.79 Å². The Morgan fingerprint density at radius 1 is 1.41 bits per heavy atom. The SMILES string of the molecule is CC(C#N)C1=CN(Cc2ccccc2)CC1=O. The molecule has 0 aromatic heterocycles. The largest absolute Gasteiger partial charge is 0.365 e. The first-order chi connectivity index (χ1) is 8.20. The number of Topliss-reactive ketones (excluding diaryl/α,β-unsaturated/α-hetero) is 1. The molecular weight excluding hydrogens is 212 g/mol. The molecule has 0 N–H and O–H groups in total. The normalized spacial score (nSPS) is 16.6. The third-order valence-corrected chi connectivity index (χ3v) is 2.88. The Kier molecular flexibility index (Phi) is 3.24. The number of carbonyl (C=O) groups is 1. The Morgan fingerprint density at radius 2 is 2.12 bits per heavy atom. The molecule has 1 aliphatic heterocycles. The first-order valence-corrected chi connectivity index (χ1v) is 5.63. The molecule has 0 amide bonds. The lowest BCUT2D eigenvalue weighted by molar-refractivity contribution is -0.115. The third-order valence-electron chi connectivity index (χ3n) is 2.88. The van der Waals surface area contributed by atoms with E-state index in [9.17, 15) is 4.79 Å². The fourth-order valence-electron chi connectivity index (χ4n) is 1.93. The van der Waals surface area contributed by atoms with E-state index in [1.165, 1.54) is 5.56 Å². The highest BCUT2D eigenvalue weighted by molar-refractivity contribution is 5.99. The van der Waals surface area contributed by atoms with Gasteiger partial charge >= 0.3 is 0 Å². The molecule has 1 heterocycles. The smallest absolute Gasteiger partial charge is 0.180 e. The summed E-state index contributed by atoms with van der Waals surface area (Å²) in [5.74, 6) is -0.252. The van der Waals surface area contributed by atoms with Crippen molar-refractivity contribution in [1.29, 1.82) is 5.26 Å². The van der Waals surface area contributed by atoms with Crippen molar-refractivity contribution in [2.24, 2.45) is 5.92 Å². The summed E-state index contributed by atoms with van der Waals surface area (Å²) in [6.45, 7) is 2.86. The van der Waals surface area contributed by atoms with E-state index in [2.05, 4.69) is 6.07 Å². The first kappa shape index (κ1) is 11.4. The van der Waals surface area contributed by atoms with Gasteiger partial charge in [-0.2, -0.15) is 5.26 Å². The Morgan fingerprint density at radius 3 is 2.76 bits per heavy atom. The average molecular weight is 226 g/mol. The quantitative estimate of drug-likeness (QED) is 0.793. The molecule has 0 bridgehead atoms. The van der Waals surface area contributed by atoms with Crippen LogP contribution in [0.2, 0.25) is 0 Å². The zero-order valence-corrected chi connectivity index (χ0v) is 9.76. The van der Waals surface area contributed by atoms with Crippen molar-refractivity contribution < 1.29 is 4.79 Å². The third kappa shape index (κ3) is 2.54. The van der Waals surface area contributed by atoms with Gasteiger partial charge in [0.2, 0.25) is 0 Å². The number of ketones is 1. The lowest BCUT2D eigenvalue weighted by Crippen LogP contribution is -2.18. The molecule has 3 nitrogen and oxygen atoms in total. The van der Waals surface area contributed by atoms with Crippen LogP contribution >= 0.6 is 0 Å². The summed E-state index contributed by atoms with van der Waals surface area (Å²) in [6.07, 6.45) is 1.82. The zero-order chi connectivity index (χ0) is 12.3. The summed E-state index contributed by atoms with van der Waals surface area (Å²) in [6, 6.07) is 12.1. The minimum absolute atomic E-state index is 0.0648. The molecule has 1 atom stereocenters. The molecule has 1 aliphatic rings. The fourth-order valence-corrected chi connectivity index (χ4v) is 1.93. The van der Waals surface area contributed by atoms with Gasteiger partial charge in [0.15, 0.2) is 5.78 Å². The van der Waals surface area contributed by atoms with Crippen LogP contribution < -0.4 is 0 Å². The van der Waals surface area contributed by atoms with Crippen molar-refractivity contribution in [3.05, 3.63) is 47.7 Å². The lowest BCUT2D eigenvalue weighted by atomic mass is 10.0. The summed E-state index contributed by atoms with van der Waals surface area (Å²) in [5.41, 5.74) is 1.80. The van der Waals surface area contributed by atoms with Crippen molar-refractivity contribution in [2.45, 2.75) is 13.5 Å². The van der Waals surface area contributed by atoms with Crippen molar-refractivity contribution in [1.82, 2.24) is 4.90 Å². The number of benzene rings is 1. The molecule has 1 aromatic carbocycles. The maximum absolute atomic E-state index is 11.7. The fraction of sp³-hybridized carbons (Fsp3) is 0.286. The van der Waals surface area contributed by atoms with Crippen LogP contribution in [0.3, 0.4) is 0 Å². The summed E-state index contributed by atoms with van der Waals surface area (Å²) < 4.78 is 0. The molecule has 1 unspecified atom stereocenters. The molecule has 0 aliphatic carbocycles. The molecule has 2 rings (SSSR count). The van der Waals surface area contributed by atoms with E-state index in [4.69, 9.17) is 5.26 Å². The van der Waals surface area contributed by atoms with E-state index < -0.39 is 0 Å². The Balaban J connectivity index is 2.09. The number of hydrogen-bond acceptors (Lipinski definition) is 3. The predicted molar refractivity (Wildman–Crippen MR) is 64.7 cm³/mol. The highest BCUT2D eigenvalue weighted by Crippen LogP contribution is 2.20. The van der Waals surface area contributed by atoms with Crippen LogP contribution in [0, 0.1) is 17.2 Å². The maximum Gasteiger partial charge on any atom is 0.180 e. The lowest BCUT2D eigenvalue weighted by Gasteiger charge is -2.13. The van der Waals surface area contributed by atoms with Crippen LogP contribution in [0.25, 0.3) is 0 Å². The van der Waals surface area contributed by atoms with Gasteiger partial charge in [0.1, 0.15) is 0 Å². The number of rotatable bonds is 3. The van der Waals surface area contributed by atoms with Gasteiger partial charge in [-0.25, -0.2) is 0 Å². The van der Waals surface area contributed by atoms with Crippen LogP contribution in [-0.2, 0) is 11.3 Å². The number of nitrogens with zero attached hydrogens (tertiary/aromatic N) is 2. The number of nitriles is 1. The number of hydrogen-bond donors (Lipinski definition) is 0. The molecule has 0 saturated carbocycles. The standard InChI is InChI=1S/C14H14N2O/c1-11(7-15)13-9-16(10-14(13)17)8-12-5-3-2-4-6-12/h2-6,9,11H,8,10H2,1H3. The Labute approximate surface area is 101 Å². The average Bonchev–Trinajstić information content (AvgIpc) is 2.70. The second kappa shape index (κ2) is 4.84. The van der Waals surface area contributed by atoms with E-state index in [-0.39, 0.29) is 11.7 Å². The van der Waals surface area contributed by atoms with Gasteiger partial charge in [-0.1, -0.05) is 30.3 Å². The van der Waals surface area contributed by atoms with E-state index in [0.717, 1.165) is 0 Å². The van der Waals surface area contributed by atoms with Crippen LogP contribution in [0.5, 0.6) is 0 Å². The van der Waals surface area contributed by atoms with Gasteiger partial charge in [0, 0.05) is 18.3 Å². The van der Waals surface area contributed by atoms with Crippen LogP contribution in [0.15, 0.2) is 42.1 Å². The van der Waals surface area contributed by atoms with Gasteiger partial charge in [0.25, 0.3) is 0 Å². The second-order valence-corrected chi connectivity index (χ2v) is 4.25. The molecule has 3 heteroatoms. The van der Waals surface area contributed by atoms with Crippen LogP contribution in [-0.4, -0.2) is 17.2 Å². The Bertz CT molecular complexity index is 485. The van der Waals surface area contributed by atoms with E-state index in [1.54, 1.807) is 6.92 Å². The summed E-state index contributed by atoms with van der Waals surface area (Å²) in [5, 5.41) is 8.83. The first-order valence-electron chi connectivity index (χ1n) is 5.63. The monoisotopic (exact) mass is 226 g/mol. The van der Waals surface area contributed by atoms with Gasteiger partial charge in [-0.05, 0) is 12.5 Å². The summed E-state index contributed by atoms with van der Waals surface area (Å²) >= 11 is 0. The molecule has 1 aromatic rings. The molecule has 0 fully saturated rings. The molecule has 17 heavy (non-hydrogen) atoms. The van der Waals surface area contributed by atoms with Crippen molar-refractivity contribution in [3.8, 4) is 6.07 Å². The highest BCUT2D eigenvalue weighted by atomic mass is 16.1. The second-order valence-electron chi connectivity index (χ2n) is 4.25. The molecular formula is C14H14N2O. The van der Waals surface area contributed by atoms with Gasteiger partial charge < -0.3 is 4.90 Å². The summed E-state index contributed by atoms with van der Waals surface area (Å²) in [4.78, 5) is 13.7. The molecule has 0 saturated heterocycles. The zero-order valence-electron chi connectivity index (χ0n) is 9.76. The van der Waals surface area contributed by atoms with E-state index in [0.29, 0.717) is 18.7 Å². The topological polar surface area (TPSA) is 44.1 Å². The minimum atomic E-state index is -0.316. The van der Waals surface area contributed by atoms with E-state index in [1.807, 2.05) is 41.4 Å². The van der Waals surface area contributed by atoms with Crippen molar-refractivity contribution in [2.75, 3.05) is 6.54 Å².